The summed E-state index contributed by atoms with van der Waals surface area (Å²) < 4.78 is 15.4. The molecule has 5 rings (SSSR count). The highest BCUT2D eigenvalue weighted by molar-refractivity contribution is 6.00. The van der Waals surface area contributed by atoms with Crippen LogP contribution >= 0.6 is 0 Å². The number of fused-ring (bicyclic) bond motifs is 1. The van der Waals surface area contributed by atoms with E-state index < -0.39 is 17.2 Å². The van der Waals surface area contributed by atoms with Crippen LogP contribution in [0.4, 0.5) is 10.1 Å². The van der Waals surface area contributed by atoms with Crippen LogP contribution in [0.5, 0.6) is 0 Å². The number of benzene rings is 1. The largest absolute Gasteiger partial charge is 0.477 e. The number of nitrogens with zero attached hydrogens (tertiary/aromatic N) is 2. The second kappa shape index (κ2) is 6.28. The van der Waals surface area contributed by atoms with Gasteiger partial charge in [0.15, 0.2) is 0 Å². The minimum absolute atomic E-state index is 0.0815. The number of aromatic carboxylic acids is 1. The summed E-state index contributed by atoms with van der Waals surface area (Å²) in [6.45, 7) is 2.59. The average molecular weight is 400 g/mol. The fourth-order valence-electron chi connectivity index (χ4n) is 4.60. The summed E-state index contributed by atoms with van der Waals surface area (Å²) in [6, 6.07) is 1.17. The molecule has 1 aromatic carbocycles. The molecule has 8 nitrogen and oxygen atoms in total. The Morgan fingerprint density at radius 1 is 1.41 bits per heavy atom. The number of hydrogen-bond donors (Lipinski definition) is 3. The maximum atomic E-state index is 15.4. The van der Waals surface area contributed by atoms with E-state index in [-0.39, 0.29) is 22.3 Å². The maximum absolute atomic E-state index is 15.4. The first kappa shape index (κ1) is 18.1. The Morgan fingerprint density at radius 2 is 2.17 bits per heavy atom. The second-order valence-electron chi connectivity index (χ2n) is 8.11. The standard InChI is InChI=1S/C20H21FN4O4/c1-29-24-14-6-25(9-20(14)7-22-8-20)17-13(21)4-11-16(15(17)10-2-3-10)23-5-12(18(11)26)19(27)28/h4-5,10,22H,2-3,6-9H2,1H3,(H,23,26)(H,27,28). The van der Waals surface area contributed by atoms with Gasteiger partial charge in [0, 0.05) is 36.8 Å². The monoisotopic (exact) mass is 400 g/mol. The predicted octanol–water partition coefficient (Wildman–Crippen LogP) is 1.65. The SMILES string of the molecule is CON=C1CN(c2c(F)cc3c(=O)c(C(=O)O)c[nH]c3c2C2CC2)CC12CNC2. The fourth-order valence-corrected chi connectivity index (χ4v) is 4.60. The summed E-state index contributed by atoms with van der Waals surface area (Å²) in [6.07, 6.45) is 3.03. The molecule has 3 N–H and O–H groups in total. The van der Waals surface area contributed by atoms with Crippen LogP contribution in [-0.4, -0.2) is 55.1 Å². The minimum Gasteiger partial charge on any atom is -0.477 e. The van der Waals surface area contributed by atoms with Crippen molar-refractivity contribution in [1.82, 2.24) is 10.3 Å². The van der Waals surface area contributed by atoms with Crippen LogP contribution in [0.1, 0.15) is 34.7 Å². The van der Waals surface area contributed by atoms with Gasteiger partial charge in [0.25, 0.3) is 0 Å². The Bertz CT molecular complexity index is 1120. The lowest BCUT2D eigenvalue weighted by atomic mass is 9.79. The molecule has 2 saturated heterocycles. The number of carboxylic acid groups (broad SMARTS) is 1. The van der Waals surface area contributed by atoms with Gasteiger partial charge in [0.1, 0.15) is 18.5 Å². The number of H-pyrrole nitrogens is 1. The van der Waals surface area contributed by atoms with Crippen LogP contribution in [0.2, 0.25) is 0 Å². The first-order valence-corrected chi connectivity index (χ1v) is 9.62. The third kappa shape index (κ3) is 2.64. The van der Waals surface area contributed by atoms with Gasteiger partial charge in [0.05, 0.1) is 28.9 Å². The number of nitrogens with one attached hydrogen (secondary N) is 2. The van der Waals surface area contributed by atoms with E-state index in [4.69, 9.17) is 4.84 Å². The molecule has 2 aliphatic heterocycles. The third-order valence-corrected chi connectivity index (χ3v) is 6.25. The van der Waals surface area contributed by atoms with Gasteiger partial charge in [-0.1, -0.05) is 5.16 Å². The summed E-state index contributed by atoms with van der Waals surface area (Å²) in [5.74, 6) is -1.69. The molecule has 0 amide bonds. The molecule has 152 valence electrons. The molecule has 9 heteroatoms. The lowest BCUT2D eigenvalue weighted by molar-refractivity contribution is 0.0695. The van der Waals surface area contributed by atoms with E-state index in [2.05, 4.69) is 15.5 Å². The number of halogens is 1. The molecule has 1 aliphatic carbocycles. The number of carbonyl (C=O) groups is 1. The van der Waals surface area contributed by atoms with Crippen molar-refractivity contribution < 1.29 is 19.1 Å². The first-order valence-electron chi connectivity index (χ1n) is 9.62. The van der Waals surface area contributed by atoms with Crippen molar-refractivity contribution in [3.05, 3.63) is 39.4 Å². The zero-order valence-corrected chi connectivity index (χ0v) is 15.9. The molecule has 0 unspecified atom stereocenters. The van der Waals surface area contributed by atoms with Crippen LogP contribution < -0.4 is 15.6 Å². The molecule has 0 radical (unpaired) electrons. The molecule has 0 bridgehead atoms. The smallest absolute Gasteiger partial charge is 0.341 e. The summed E-state index contributed by atoms with van der Waals surface area (Å²) in [5.41, 5.74) is 1.43. The van der Waals surface area contributed by atoms with Crippen molar-refractivity contribution in [2.24, 2.45) is 10.6 Å². The van der Waals surface area contributed by atoms with Gasteiger partial charge in [-0.05, 0) is 24.8 Å². The normalized spacial score (nSPS) is 21.7. The lowest BCUT2D eigenvalue weighted by Crippen LogP contribution is -2.58. The first-order chi connectivity index (χ1) is 13.9. The molecule has 1 aromatic heterocycles. The zero-order valence-electron chi connectivity index (χ0n) is 15.9. The van der Waals surface area contributed by atoms with E-state index in [9.17, 15) is 14.7 Å². The Morgan fingerprint density at radius 3 is 2.76 bits per heavy atom. The second-order valence-corrected chi connectivity index (χ2v) is 8.11. The Labute approximate surface area is 165 Å². The number of aromatic amines is 1. The van der Waals surface area contributed by atoms with Crippen molar-refractivity contribution in [1.29, 1.82) is 0 Å². The number of carboxylic acids is 1. The third-order valence-electron chi connectivity index (χ3n) is 6.25. The van der Waals surface area contributed by atoms with Gasteiger partial charge in [-0.3, -0.25) is 4.79 Å². The number of pyridine rings is 1. The summed E-state index contributed by atoms with van der Waals surface area (Å²) in [4.78, 5) is 33.9. The summed E-state index contributed by atoms with van der Waals surface area (Å²) >= 11 is 0. The van der Waals surface area contributed by atoms with Crippen LogP contribution in [0.25, 0.3) is 10.9 Å². The summed E-state index contributed by atoms with van der Waals surface area (Å²) in [7, 11) is 1.51. The quantitative estimate of drug-likeness (QED) is 0.674. The molecule has 3 aliphatic rings. The van der Waals surface area contributed by atoms with Crippen LogP contribution in [0.3, 0.4) is 0 Å². The highest BCUT2D eigenvalue weighted by Gasteiger charge is 2.50. The van der Waals surface area contributed by atoms with Gasteiger partial charge in [-0.15, -0.1) is 0 Å². The van der Waals surface area contributed by atoms with Gasteiger partial charge in [0.2, 0.25) is 5.43 Å². The number of anilines is 1. The topological polar surface area (TPSA) is 107 Å². The molecule has 3 heterocycles. The Hall–Kier alpha value is -2.94. The van der Waals surface area contributed by atoms with Gasteiger partial charge in [-0.25, -0.2) is 9.18 Å². The number of oxime groups is 1. The van der Waals surface area contributed by atoms with Crippen molar-refractivity contribution in [3.63, 3.8) is 0 Å². The molecule has 29 heavy (non-hydrogen) atoms. The van der Waals surface area contributed by atoms with Crippen molar-refractivity contribution in [2.45, 2.75) is 18.8 Å². The Balaban J connectivity index is 1.69. The van der Waals surface area contributed by atoms with E-state index in [0.717, 1.165) is 37.2 Å². The highest BCUT2D eigenvalue weighted by Crippen LogP contribution is 2.49. The van der Waals surface area contributed by atoms with E-state index in [1.165, 1.54) is 19.4 Å². The van der Waals surface area contributed by atoms with Crippen molar-refractivity contribution >= 4 is 28.3 Å². The maximum Gasteiger partial charge on any atom is 0.341 e. The number of hydrogen-bond acceptors (Lipinski definition) is 6. The van der Waals surface area contributed by atoms with E-state index in [1.807, 2.05) is 4.90 Å². The van der Waals surface area contributed by atoms with Crippen LogP contribution in [-0.2, 0) is 4.84 Å². The minimum atomic E-state index is -1.33. The van der Waals surface area contributed by atoms with E-state index in [1.54, 1.807) is 0 Å². The molecular weight excluding hydrogens is 379 g/mol. The lowest BCUT2D eigenvalue weighted by Gasteiger charge is -2.39. The molecule has 0 atom stereocenters. The zero-order chi connectivity index (χ0) is 20.3. The van der Waals surface area contributed by atoms with Gasteiger partial charge in [-0.2, -0.15) is 0 Å². The van der Waals surface area contributed by atoms with Crippen molar-refractivity contribution in [2.75, 3.05) is 38.2 Å². The van der Waals surface area contributed by atoms with E-state index in [0.29, 0.717) is 24.3 Å². The summed E-state index contributed by atoms with van der Waals surface area (Å²) in [5, 5.41) is 16.8. The average Bonchev–Trinajstić information content (AvgIpc) is 3.41. The Kier molecular flexibility index (Phi) is 3.92. The molecular formula is C20H21FN4O4. The van der Waals surface area contributed by atoms with E-state index >= 15 is 4.39 Å². The predicted molar refractivity (Wildman–Crippen MR) is 105 cm³/mol. The van der Waals surface area contributed by atoms with Crippen LogP contribution in [0.15, 0.2) is 22.2 Å². The number of rotatable bonds is 4. The highest BCUT2D eigenvalue weighted by atomic mass is 19.1. The molecule has 3 fully saturated rings. The molecule has 1 spiro atoms. The fraction of sp³-hybridized carbons (Fsp3) is 0.450. The van der Waals surface area contributed by atoms with Gasteiger partial charge < -0.3 is 25.1 Å². The molecule has 1 saturated carbocycles. The molecule has 2 aromatic rings. The van der Waals surface area contributed by atoms with Crippen LogP contribution in [0, 0.1) is 11.2 Å². The van der Waals surface area contributed by atoms with Crippen molar-refractivity contribution in [3.8, 4) is 0 Å². The number of aromatic nitrogens is 1. The van der Waals surface area contributed by atoms with Gasteiger partial charge >= 0.3 is 5.97 Å².